The lowest BCUT2D eigenvalue weighted by Crippen LogP contribution is -2.25. The van der Waals surface area contributed by atoms with Gasteiger partial charge in [-0.1, -0.05) is 34.5 Å². The molecule has 28 heavy (non-hydrogen) atoms. The van der Waals surface area contributed by atoms with Gasteiger partial charge in [-0.2, -0.15) is 0 Å². The predicted molar refractivity (Wildman–Crippen MR) is 112 cm³/mol. The third-order valence-electron chi connectivity index (χ3n) is 3.94. The molecule has 0 saturated carbocycles. The van der Waals surface area contributed by atoms with Crippen LogP contribution in [0.15, 0.2) is 40.6 Å². The zero-order valence-electron chi connectivity index (χ0n) is 14.7. The molecule has 0 aliphatic heterocycles. The molecule has 0 saturated heterocycles. The Hall–Kier alpha value is -2.33. The average Bonchev–Trinajstić information content (AvgIpc) is 3.13. The SMILES string of the molecule is CCN(CCO)c1ccc(N=Nc2nc3c(Cl)cc([N+](=O)[O-])c(Cl)c3s2)cc1. The molecule has 0 spiro atoms. The van der Waals surface area contributed by atoms with Crippen LogP contribution in [0.25, 0.3) is 10.2 Å². The number of aliphatic hydroxyl groups is 1. The van der Waals surface area contributed by atoms with Crippen LogP contribution in [-0.2, 0) is 0 Å². The van der Waals surface area contributed by atoms with Gasteiger partial charge in [-0.15, -0.1) is 10.2 Å². The number of hydrogen-bond donors (Lipinski definition) is 1. The van der Waals surface area contributed by atoms with E-state index in [1.165, 1.54) is 6.07 Å². The van der Waals surface area contributed by atoms with E-state index in [0.29, 0.717) is 27.6 Å². The number of aliphatic hydroxyl groups excluding tert-OH is 1. The summed E-state index contributed by atoms with van der Waals surface area (Å²) < 4.78 is 0.396. The minimum absolute atomic E-state index is 0.0174. The number of halogens is 2. The average molecular weight is 440 g/mol. The first-order valence-electron chi connectivity index (χ1n) is 8.25. The highest BCUT2D eigenvalue weighted by molar-refractivity contribution is 7.22. The standard InChI is InChI=1S/C17H15Cl2N5O3S/c1-2-23(7-8-25)11-5-3-10(4-6-11)21-22-17-20-15-12(18)9-13(24(26)27)14(19)16(15)28-17/h3-6,9,25H,2,7-8H2,1H3. The fourth-order valence-corrected chi connectivity index (χ4v) is 4.06. The van der Waals surface area contributed by atoms with E-state index in [1.54, 1.807) is 12.1 Å². The lowest BCUT2D eigenvalue weighted by atomic mass is 10.2. The van der Waals surface area contributed by atoms with Crippen LogP contribution in [0.2, 0.25) is 10.0 Å². The lowest BCUT2D eigenvalue weighted by molar-refractivity contribution is -0.384. The van der Waals surface area contributed by atoms with Crippen LogP contribution in [0.5, 0.6) is 0 Å². The van der Waals surface area contributed by atoms with Crippen LogP contribution in [0, 0.1) is 10.1 Å². The summed E-state index contributed by atoms with van der Waals surface area (Å²) in [6.45, 7) is 3.42. The van der Waals surface area contributed by atoms with Gasteiger partial charge in [-0.05, 0) is 31.2 Å². The predicted octanol–water partition coefficient (Wildman–Crippen LogP) is 5.75. The van der Waals surface area contributed by atoms with Crippen molar-refractivity contribution < 1.29 is 10.0 Å². The molecule has 146 valence electrons. The van der Waals surface area contributed by atoms with Gasteiger partial charge in [-0.3, -0.25) is 10.1 Å². The Balaban J connectivity index is 1.86. The van der Waals surface area contributed by atoms with Gasteiger partial charge in [0.1, 0.15) is 10.5 Å². The molecule has 0 atom stereocenters. The molecule has 11 heteroatoms. The monoisotopic (exact) mass is 439 g/mol. The fraction of sp³-hybridized carbons (Fsp3) is 0.235. The number of fused-ring (bicyclic) bond motifs is 1. The zero-order valence-corrected chi connectivity index (χ0v) is 17.0. The molecular formula is C17H15Cl2N5O3S. The number of nitro benzene ring substituents is 1. The minimum Gasteiger partial charge on any atom is -0.395 e. The van der Waals surface area contributed by atoms with E-state index in [4.69, 9.17) is 28.3 Å². The molecule has 0 bridgehead atoms. The first-order valence-corrected chi connectivity index (χ1v) is 9.82. The number of nitro groups is 1. The molecule has 8 nitrogen and oxygen atoms in total. The normalized spacial score (nSPS) is 11.4. The van der Waals surface area contributed by atoms with Crippen molar-refractivity contribution in [1.29, 1.82) is 0 Å². The second kappa shape index (κ2) is 8.78. The molecular weight excluding hydrogens is 425 g/mol. The number of thiazole rings is 1. The summed E-state index contributed by atoms with van der Waals surface area (Å²) in [5, 5.41) is 28.8. The number of likely N-dealkylation sites (N-methyl/N-ethyl adjacent to an activating group) is 1. The van der Waals surface area contributed by atoms with E-state index in [0.717, 1.165) is 23.6 Å². The van der Waals surface area contributed by atoms with Crippen molar-refractivity contribution in [3.63, 3.8) is 0 Å². The molecule has 0 amide bonds. The van der Waals surface area contributed by atoms with Crippen molar-refractivity contribution in [1.82, 2.24) is 4.98 Å². The van der Waals surface area contributed by atoms with Crippen molar-refractivity contribution >= 4 is 66.9 Å². The highest BCUT2D eigenvalue weighted by Gasteiger charge is 2.21. The molecule has 1 aromatic heterocycles. The Morgan fingerprint density at radius 2 is 2.00 bits per heavy atom. The number of azo groups is 1. The van der Waals surface area contributed by atoms with Crippen LogP contribution >= 0.6 is 34.5 Å². The molecule has 0 aliphatic carbocycles. The maximum atomic E-state index is 11.1. The molecule has 1 heterocycles. The van der Waals surface area contributed by atoms with Crippen LogP contribution in [0.1, 0.15) is 6.92 Å². The topological polar surface area (TPSA) is 104 Å². The quantitative estimate of drug-likeness (QED) is 0.286. The Kier molecular flexibility index (Phi) is 6.40. The van der Waals surface area contributed by atoms with Gasteiger partial charge in [0.2, 0.25) is 5.13 Å². The molecule has 0 radical (unpaired) electrons. The van der Waals surface area contributed by atoms with E-state index in [1.807, 2.05) is 24.0 Å². The number of aromatic nitrogens is 1. The second-order valence-corrected chi connectivity index (χ2v) is 7.41. The van der Waals surface area contributed by atoms with Crippen LogP contribution in [-0.4, -0.2) is 34.7 Å². The highest BCUT2D eigenvalue weighted by Crippen LogP contribution is 2.42. The molecule has 0 aliphatic rings. The number of anilines is 1. The third-order valence-corrected chi connectivity index (χ3v) is 5.68. The molecule has 2 aromatic carbocycles. The van der Waals surface area contributed by atoms with Gasteiger partial charge in [0.05, 0.1) is 26.9 Å². The van der Waals surface area contributed by atoms with Crippen molar-refractivity contribution in [2.24, 2.45) is 10.2 Å². The summed E-state index contributed by atoms with van der Waals surface area (Å²) in [6.07, 6.45) is 0. The third kappa shape index (κ3) is 4.22. The number of hydrogen-bond acceptors (Lipinski definition) is 8. The summed E-state index contributed by atoms with van der Waals surface area (Å²) in [6, 6.07) is 8.57. The lowest BCUT2D eigenvalue weighted by Gasteiger charge is -2.21. The van der Waals surface area contributed by atoms with Crippen molar-refractivity contribution in [2.45, 2.75) is 6.92 Å². The maximum absolute atomic E-state index is 11.1. The van der Waals surface area contributed by atoms with Gasteiger partial charge in [0.25, 0.3) is 5.69 Å². The van der Waals surface area contributed by atoms with E-state index in [-0.39, 0.29) is 22.3 Å². The highest BCUT2D eigenvalue weighted by atomic mass is 35.5. The molecule has 0 unspecified atom stereocenters. The van der Waals surface area contributed by atoms with Gasteiger partial charge >= 0.3 is 0 Å². The Morgan fingerprint density at radius 1 is 1.29 bits per heavy atom. The Labute approximate surface area is 174 Å². The van der Waals surface area contributed by atoms with Crippen molar-refractivity contribution in [3.8, 4) is 0 Å². The number of rotatable bonds is 7. The van der Waals surface area contributed by atoms with Gasteiger partial charge < -0.3 is 10.0 Å². The van der Waals surface area contributed by atoms with E-state index in [9.17, 15) is 10.1 Å². The first kappa shape index (κ1) is 20.4. The summed E-state index contributed by atoms with van der Waals surface area (Å²) in [7, 11) is 0. The summed E-state index contributed by atoms with van der Waals surface area (Å²) in [4.78, 5) is 16.8. The fourth-order valence-electron chi connectivity index (χ4n) is 2.58. The Bertz CT molecular complexity index is 1040. The van der Waals surface area contributed by atoms with Crippen molar-refractivity contribution in [3.05, 3.63) is 50.5 Å². The van der Waals surface area contributed by atoms with Crippen LogP contribution in [0.4, 0.5) is 22.2 Å². The molecule has 3 aromatic rings. The maximum Gasteiger partial charge on any atom is 0.290 e. The largest absolute Gasteiger partial charge is 0.395 e. The van der Waals surface area contributed by atoms with Gasteiger partial charge in [0, 0.05) is 24.8 Å². The summed E-state index contributed by atoms with van der Waals surface area (Å²) in [5.41, 5.74) is 1.67. The second-order valence-electron chi connectivity index (χ2n) is 5.64. The minimum atomic E-state index is -0.591. The van der Waals surface area contributed by atoms with Crippen molar-refractivity contribution in [2.75, 3.05) is 24.6 Å². The molecule has 3 rings (SSSR count). The van der Waals surface area contributed by atoms with Gasteiger partial charge in [0.15, 0.2) is 0 Å². The smallest absolute Gasteiger partial charge is 0.290 e. The van der Waals surface area contributed by atoms with E-state index < -0.39 is 4.92 Å². The first-order chi connectivity index (χ1) is 13.4. The molecule has 0 fully saturated rings. The van der Waals surface area contributed by atoms with Crippen LogP contribution < -0.4 is 4.90 Å². The van der Waals surface area contributed by atoms with E-state index >= 15 is 0 Å². The summed E-state index contributed by atoms with van der Waals surface area (Å²) in [5.74, 6) is 0. The number of benzene rings is 2. The zero-order chi connectivity index (χ0) is 20.3. The number of nitrogens with zero attached hydrogens (tertiary/aromatic N) is 5. The van der Waals surface area contributed by atoms with E-state index in [2.05, 4.69) is 15.2 Å². The Morgan fingerprint density at radius 3 is 2.61 bits per heavy atom. The van der Waals surface area contributed by atoms with Gasteiger partial charge in [-0.25, -0.2) is 4.98 Å². The molecule has 1 N–H and O–H groups in total. The summed E-state index contributed by atoms with van der Waals surface area (Å²) >= 11 is 13.3. The van der Waals surface area contributed by atoms with Crippen LogP contribution in [0.3, 0.4) is 0 Å².